The molecule has 0 aliphatic heterocycles. The molecule has 2 aromatic rings. The molecule has 0 radical (unpaired) electrons. The lowest BCUT2D eigenvalue weighted by Gasteiger charge is -2.28. The molecule has 4 nitrogen and oxygen atoms in total. The molecule has 0 unspecified atom stereocenters. The molecule has 0 saturated carbocycles. The smallest absolute Gasteiger partial charge is 0.131 e. The van der Waals surface area contributed by atoms with Gasteiger partial charge in [-0.1, -0.05) is 27.7 Å². The number of thiazole rings is 1. The van der Waals surface area contributed by atoms with Crippen LogP contribution < -0.4 is 4.90 Å². The molecule has 1 heterocycles. The number of hydrogen-bond acceptors (Lipinski definition) is 5. The first-order chi connectivity index (χ1) is 11.5. The average Bonchev–Trinajstić information content (AvgIpc) is 3.09. The second kappa shape index (κ2) is 8.49. The number of likely N-dealkylation sites (N-methyl/N-ethyl adjacent to an activating group) is 2. The Kier molecular flexibility index (Phi) is 6.63. The third-order valence-electron chi connectivity index (χ3n) is 4.49. The summed E-state index contributed by atoms with van der Waals surface area (Å²) < 4.78 is 0. The lowest BCUT2D eigenvalue weighted by molar-refractivity contribution is 0.311. The third kappa shape index (κ3) is 4.08. The zero-order valence-corrected chi connectivity index (χ0v) is 16.2. The molecular formula is C19H29N3OS. The van der Waals surface area contributed by atoms with E-state index in [4.69, 9.17) is 0 Å². The topological polar surface area (TPSA) is 39.6 Å². The molecule has 0 saturated heterocycles. The molecule has 132 valence electrons. The first-order valence-corrected chi connectivity index (χ1v) is 9.56. The molecule has 0 amide bonds. The molecule has 5 heteroatoms. The van der Waals surface area contributed by atoms with Gasteiger partial charge < -0.3 is 14.9 Å². The van der Waals surface area contributed by atoms with Crippen molar-refractivity contribution in [2.24, 2.45) is 0 Å². The van der Waals surface area contributed by atoms with Crippen molar-refractivity contribution in [2.75, 3.05) is 38.1 Å². The number of nitrogens with zero attached hydrogens (tertiary/aromatic N) is 3. The van der Waals surface area contributed by atoms with Crippen LogP contribution in [0.15, 0.2) is 23.7 Å². The van der Waals surface area contributed by atoms with Crippen molar-refractivity contribution in [1.29, 1.82) is 0 Å². The number of hydrogen-bond donors (Lipinski definition) is 1. The van der Waals surface area contributed by atoms with Crippen LogP contribution in [0, 0.1) is 0 Å². The Morgan fingerprint density at radius 1 is 1.17 bits per heavy atom. The first kappa shape index (κ1) is 18.7. The summed E-state index contributed by atoms with van der Waals surface area (Å²) in [4.78, 5) is 9.00. The molecule has 1 aromatic heterocycles. The fraction of sp³-hybridized carbons (Fsp3) is 0.526. The third-order valence-corrected chi connectivity index (χ3v) is 5.30. The van der Waals surface area contributed by atoms with Crippen LogP contribution in [0.4, 0.5) is 5.69 Å². The summed E-state index contributed by atoms with van der Waals surface area (Å²) in [6.45, 7) is 12.7. The van der Waals surface area contributed by atoms with E-state index in [0.717, 1.165) is 48.0 Å². The Morgan fingerprint density at radius 3 is 2.42 bits per heavy atom. The van der Waals surface area contributed by atoms with E-state index in [0.29, 0.717) is 5.75 Å². The van der Waals surface area contributed by atoms with E-state index < -0.39 is 0 Å². The molecule has 0 atom stereocenters. The van der Waals surface area contributed by atoms with E-state index in [1.54, 1.807) is 17.5 Å². The van der Waals surface area contributed by atoms with Gasteiger partial charge in [0.15, 0.2) is 0 Å². The maximum atomic E-state index is 10.9. The minimum absolute atomic E-state index is 0.246. The van der Waals surface area contributed by atoms with Crippen molar-refractivity contribution in [2.45, 2.75) is 33.6 Å². The van der Waals surface area contributed by atoms with Crippen LogP contribution in [0.1, 0.15) is 39.2 Å². The molecule has 24 heavy (non-hydrogen) atoms. The quantitative estimate of drug-likeness (QED) is 0.767. The van der Waals surface area contributed by atoms with Crippen molar-refractivity contribution >= 4 is 17.0 Å². The van der Waals surface area contributed by atoms with Crippen LogP contribution in [0.2, 0.25) is 0 Å². The Labute approximate surface area is 149 Å². The molecule has 0 fully saturated rings. The lowest BCUT2D eigenvalue weighted by atomic mass is 9.96. The van der Waals surface area contributed by atoms with Gasteiger partial charge in [-0.25, -0.2) is 4.98 Å². The van der Waals surface area contributed by atoms with Crippen LogP contribution in [0.5, 0.6) is 5.75 Å². The highest BCUT2D eigenvalue weighted by molar-refractivity contribution is 7.13. The maximum absolute atomic E-state index is 10.9. The van der Waals surface area contributed by atoms with Gasteiger partial charge in [0.05, 0.1) is 5.56 Å². The van der Waals surface area contributed by atoms with Gasteiger partial charge in [-0.3, -0.25) is 0 Å². The lowest BCUT2D eigenvalue weighted by Crippen LogP contribution is -2.33. The van der Waals surface area contributed by atoms with E-state index in [9.17, 15) is 5.11 Å². The minimum atomic E-state index is 0.246. The molecule has 0 bridgehead atoms. The van der Waals surface area contributed by atoms with Gasteiger partial charge >= 0.3 is 0 Å². The second-order valence-electron chi connectivity index (χ2n) is 6.33. The number of benzene rings is 1. The van der Waals surface area contributed by atoms with E-state index >= 15 is 0 Å². The van der Waals surface area contributed by atoms with Crippen molar-refractivity contribution in [3.05, 3.63) is 29.3 Å². The van der Waals surface area contributed by atoms with Crippen molar-refractivity contribution < 1.29 is 5.11 Å². The molecule has 0 aliphatic carbocycles. The second-order valence-corrected chi connectivity index (χ2v) is 7.23. The van der Waals surface area contributed by atoms with Gasteiger partial charge in [0.25, 0.3) is 0 Å². The number of anilines is 1. The molecule has 1 aromatic carbocycles. The van der Waals surface area contributed by atoms with Crippen LogP contribution >= 0.6 is 11.3 Å². The molecular weight excluding hydrogens is 318 g/mol. The largest absolute Gasteiger partial charge is 0.507 e. The predicted molar refractivity (Wildman–Crippen MR) is 104 cm³/mol. The standard InChI is InChI=1S/C19H29N3OS/c1-6-22(7-2)12-11-21(5)16-9-8-15(19-20-10-13-24-19)18(23)17(16)14(3)4/h8-10,13-14,23H,6-7,11-12H2,1-5H3. The summed E-state index contributed by atoms with van der Waals surface area (Å²) in [6.07, 6.45) is 1.78. The Bertz CT molecular complexity index is 636. The predicted octanol–water partition coefficient (Wildman–Crippen LogP) is 4.42. The van der Waals surface area contributed by atoms with Gasteiger partial charge in [-0.2, -0.15) is 0 Å². The maximum Gasteiger partial charge on any atom is 0.131 e. The monoisotopic (exact) mass is 347 g/mol. The Balaban J connectivity index is 2.31. The van der Waals surface area contributed by atoms with Gasteiger partial charge in [0.1, 0.15) is 10.8 Å². The van der Waals surface area contributed by atoms with Crippen LogP contribution in [-0.4, -0.2) is 48.2 Å². The summed E-state index contributed by atoms with van der Waals surface area (Å²) in [6, 6.07) is 4.11. The Hall–Kier alpha value is -1.59. The van der Waals surface area contributed by atoms with Crippen molar-refractivity contribution in [3.8, 4) is 16.3 Å². The van der Waals surface area contributed by atoms with Crippen LogP contribution in [-0.2, 0) is 0 Å². The number of phenols is 1. The van der Waals surface area contributed by atoms with Gasteiger partial charge in [0.2, 0.25) is 0 Å². The summed E-state index contributed by atoms with van der Waals surface area (Å²) in [5.74, 6) is 0.614. The zero-order chi connectivity index (χ0) is 17.7. The summed E-state index contributed by atoms with van der Waals surface area (Å²) >= 11 is 1.55. The molecule has 0 spiro atoms. The van der Waals surface area contributed by atoms with Crippen molar-refractivity contribution in [1.82, 2.24) is 9.88 Å². The first-order valence-electron chi connectivity index (χ1n) is 8.68. The molecule has 0 aliphatic rings. The van der Waals surface area contributed by atoms with E-state index in [-0.39, 0.29) is 5.92 Å². The van der Waals surface area contributed by atoms with E-state index in [2.05, 4.69) is 55.6 Å². The van der Waals surface area contributed by atoms with Crippen molar-refractivity contribution in [3.63, 3.8) is 0 Å². The number of aromatic nitrogens is 1. The number of rotatable bonds is 8. The fourth-order valence-corrected chi connectivity index (χ4v) is 3.64. The van der Waals surface area contributed by atoms with Crippen LogP contribution in [0.3, 0.4) is 0 Å². The van der Waals surface area contributed by atoms with Gasteiger partial charge in [-0.05, 0) is 31.1 Å². The number of phenolic OH excluding ortho intramolecular Hbond substituents is 1. The summed E-state index contributed by atoms with van der Waals surface area (Å²) in [5.41, 5.74) is 2.94. The van der Waals surface area contributed by atoms with Crippen LogP contribution in [0.25, 0.3) is 10.6 Å². The SMILES string of the molecule is CCN(CC)CCN(C)c1ccc(-c2nccs2)c(O)c1C(C)C. The summed E-state index contributed by atoms with van der Waals surface area (Å²) in [7, 11) is 2.10. The highest BCUT2D eigenvalue weighted by Crippen LogP contribution is 2.42. The van der Waals surface area contributed by atoms with Gasteiger partial charge in [-0.15, -0.1) is 11.3 Å². The van der Waals surface area contributed by atoms with E-state index in [1.807, 2.05) is 11.4 Å². The normalized spacial score (nSPS) is 11.5. The zero-order valence-electron chi connectivity index (χ0n) is 15.4. The molecule has 1 N–H and O–H groups in total. The molecule has 2 rings (SSSR count). The average molecular weight is 348 g/mol. The number of aromatic hydroxyl groups is 1. The van der Waals surface area contributed by atoms with Gasteiger partial charge in [0, 0.05) is 43.0 Å². The Morgan fingerprint density at radius 2 is 1.88 bits per heavy atom. The fourth-order valence-electron chi connectivity index (χ4n) is 2.98. The van der Waals surface area contributed by atoms with E-state index in [1.165, 1.54) is 0 Å². The summed E-state index contributed by atoms with van der Waals surface area (Å²) in [5, 5.41) is 13.7. The highest BCUT2D eigenvalue weighted by Gasteiger charge is 2.20. The highest BCUT2D eigenvalue weighted by atomic mass is 32.1. The minimum Gasteiger partial charge on any atom is -0.507 e.